The molecular weight excluding hydrogens is 395 g/mol. The van der Waals surface area contributed by atoms with E-state index in [9.17, 15) is 4.39 Å². The molecule has 2 N–H and O–H groups in total. The van der Waals surface area contributed by atoms with Crippen LogP contribution in [0.1, 0.15) is 55.4 Å². The first-order chi connectivity index (χ1) is 15.0. The van der Waals surface area contributed by atoms with E-state index in [2.05, 4.69) is 26.8 Å². The van der Waals surface area contributed by atoms with Crippen molar-refractivity contribution in [3.8, 4) is 0 Å². The van der Waals surface area contributed by atoms with Gasteiger partial charge in [0.2, 0.25) is 12.3 Å². The van der Waals surface area contributed by atoms with Gasteiger partial charge in [-0.25, -0.2) is 18.9 Å². The van der Waals surface area contributed by atoms with Crippen LogP contribution in [0.15, 0.2) is 36.7 Å². The zero-order valence-corrected chi connectivity index (χ0v) is 17.3. The van der Waals surface area contributed by atoms with Crippen LogP contribution in [-0.2, 0) is 4.74 Å². The molecular formula is C23H24FN6O+. The summed E-state index contributed by atoms with van der Waals surface area (Å²) in [6.07, 6.45) is 11.2. The minimum absolute atomic E-state index is 0.0887. The van der Waals surface area contributed by atoms with Gasteiger partial charge < -0.3 is 10.1 Å². The van der Waals surface area contributed by atoms with Crippen molar-refractivity contribution >= 4 is 29.5 Å². The first-order valence-electron chi connectivity index (χ1n) is 10.5. The van der Waals surface area contributed by atoms with Gasteiger partial charge >= 0.3 is 5.82 Å². The topological polar surface area (TPSA) is 87.7 Å². The Hall–Kier alpha value is -3.26. The van der Waals surface area contributed by atoms with E-state index < -0.39 is 6.36 Å². The molecule has 0 bridgehead atoms. The molecule has 0 spiro atoms. The summed E-state index contributed by atoms with van der Waals surface area (Å²) in [5.41, 5.74) is 3.86. The first kappa shape index (κ1) is 19.7. The molecule has 0 aromatic carbocycles. The normalized spacial score (nSPS) is 22.3. The molecule has 5 rings (SSSR count). The summed E-state index contributed by atoms with van der Waals surface area (Å²) in [6.45, 7) is 5.24. The number of halogens is 1. The molecule has 0 radical (unpaired) electrons. The van der Waals surface area contributed by atoms with Gasteiger partial charge in [-0.2, -0.15) is 0 Å². The lowest BCUT2D eigenvalue weighted by Crippen LogP contribution is -2.36. The molecule has 1 fully saturated rings. The minimum Gasteiger partial charge on any atom is -0.351 e. The SMILES string of the molecule is C=C(C)C(F)OC1CCC(Nc2ncc3c(n2)C(=N)C=C3c2cc[n+]3c(n2)C=C3)CC1. The molecule has 1 unspecified atom stereocenters. The van der Waals surface area contributed by atoms with Crippen molar-refractivity contribution in [2.24, 2.45) is 0 Å². The molecule has 3 aliphatic rings. The number of allylic oxidation sites excluding steroid dienone is 1. The molecule has 0 amide bonds. The fraction of sp³-hybridized carbons (Fsp3) is 0.348. The number of alkyl halides is 1. The fourth-order valence-corrected chi connectivity index (χ4v) is 4.08. The predicted molar refractivity (Wildman–Crippen MR) is 116 cm³/mol. The predicted octanol–water partition coefficient (Wildman–Crippen LogP) is 3.52. The Morgan fingerprint density at radius 1 is 1.32 bits per heavy atom. The van der Waals surface area contributed by atoms with Crippen molar-refractivity contribution in [1.82, 2.24) is 15.0 Å². The molecule has 8 heteroatoms. The molecule has 0 saturated heterocycles. The molecule has 2 aromatic rings. The number of rotatable bonds is 6. The van der Waals surface area contributed by atoms with Gasteiger partial charge in [-0.3, -0.25) is 5.41 Å². The number of ether oxygens (including phenoxy) is 1. The van der Waals surface area contributed by atoms with E-state index >= 15 is 0 Å². The Morgan fingerprint density at radius 2 is 2.13 bits per heavy atom. The molecule has 158 valence electrons. The third kappa shape index (κ3) is 3.79. The maximum absolute atomic E-state index is 13.7. The number of aromatic nitrogens is 4. The molecule has 1 atom stereocenters. The van der Waals surface area contributed by atoms with Crippen LogP contribution >= 0.6 is 0 Å². The Kier molecular flexibility index (Phi) is 4.94. The molecule has 31 heavy (non-hydrogen) atoms. The summed E-state index contributed by atoms with van der Waals surface area (Å²) in [7, 11) is 0. The molecule has 2 aromatic heterocycles. The van der Waals surface area contributed by atoms with Crippen molar-refractivity contribution in [3.63, 3.8) is 0 Å². The molecule has 1 saturated carbocycles. The van der Waals surface area contributed by atoms with E-state index in [0.717, 1.165) is 48.3 Å². The number of hydrogen-bond donors (Lipinski definition) is 2. The van der Waals surface area contributed by atoms with Crippen molar-refractivity contribution in [1.29, 1.82) is 5.41 Å². The summed E-state index contributed by atoms with van der Waals surface area (Å²) in [6, 6.07) is 2.13. The monoisotopic (exact) mass is 419 g/mol. The maximum atomic E-state index is 13.7. The van der Waals surface area contributed by atoms with Crippen molar-refractivity contribution in [2.45, 2.75) is 51.1 Å². The molecule has 2 aliphatic carbocycles. The second-order valence-electron chi connectivity index (χ2n) is 8.24. The van der Waals surface area contributed by atoms with Crippen molar-refractivity contribution in [2.75, 3.05) is 5.32 Å². The van der Waals surface area contributed by atoms with E-state index in [0.29, 0.717) is 22.9 Å². The van der Waals surface area contributed by atoms with Gasteiger partial charge in [-0.15, -0.1) is 0 Å². The quantitative estimate of drug-likeness (QED) is 0.471. The zero-order chi connectivity index (χ0) is 21.5. The second-order valence-corrected chi connectivity index (χ2v) is 8.24. The number of fused-ring (bicyclic) bond motifs is 2. The zero-order valence-electron chi connectivity index (χ0n) is 17.3. The van der Waals surface area contributed by atoms with Crippen LogP contribution in [0.2, 0.25) is 0 Å². The van der Waals surface area contributed by atoms with Gasteiger partial charge in [-0.1, -0.05) is 6.58 Å². The van der Waals surface area contributed by atoms with Crippen LogP contribution in [0, 0.1) is 5.41 Å². The summed E-state index contributed by atoms with van der Waals surface area (Å²) in [4.78, 5) is 13.7. The van der Waals surface area contributed by atoms with Crippen LogP contribution in [0.5, 0.6) is 0 Å². The third-order valence-electron chi connectivity index (χ3n) is 5.88. The summed E-state index contributed by atoms with van der Waals surface area (Å²) >= 11 is 0. The molecule has 7 nitrogen and oxygen atoms in total. The largest absolute Gasteiger partial charge is 0.351 e. The lowest BCUT2D eigenvalue weighted by Gasteiger charge is -2.30. The minimum atomic E-state index is -1.40. The van der Waals surface area contributed by atoms with Gasteiger partial charge in [0.1, 0.15) is 18.1 Å². The highest BCUT2D eigenvalue weighted by Crippen LogP contribution is 2.32. The van der Waals surface area contributed by atoms with Gasteiger partial charge in [0.15, 0.2) is 5.69 Å². The maximum Gasteiger partial charge on any atom is 0.331 e. The van der Waals surface area contributed by atoms with Gasteiger partial charge in [0.25, 0.3) is 0 Å². The third-order valence-corrected chi connectivity index (χ3v) is 5.88. The van der Waals surface area contributed by atoms with Crippen LogP contribution in [0.4, 0.5) is 10.3 Å². The molecule has 1 aliphatic heterocycles. The number of hydrogen-bond acceptors (Lipinski definition) is 6. The van der Waals surface area contributed by atoms with Crippen molar-refractivity contribution < 1.29 is 13.7 Å². The Balaban J connectivity index is 1.25. The van der Waals surface area contributed by atoms with Crippen LogP contribution in [0.25, 0.3) is 17.8 Å². The highest BCUT2D eigenvalue weighted by Gasteiger charge is 2.29. The lowest BCUT2D eigenvalue weighted by molar-refractivity contribution is -0.585. The average Bonchev–Trinajstić information content (AvgIpc) is 3.06. The fourth-order valence-electron chi connectivity index (χ4n) is 4.08. The average molecular weight is 419 g/mol. The summed E-state index contributed by atoms with van der Waals surface area (Å²) in [5.74, 6) is 1.40. The van der Waals surface area contributed by atoms with Crippen LogP contribution < -0.4 is 9.88 Å². The van der Waals surface area contributed by atoms with Gasteiger partial charge in [0.05, 0.1) is 17.9 Å². The van der Waals surface area contributed by atoms with Crippen molar-refractivity contribution in [3.05, 3.63) is 59.5 Å². The summed E-state index contributed by atoms with van der Waals surface area (Å²) in [5, 5.41) is 11.7. The van der Waals surface area contributed by atoms with Crippen LogP contribution in [-0.4, -0.2) is 39.2 Å². The molecule has 3 heterocycles. The highest BCUT2D eigenvalue weighted by molar-refractivity contribution is 6.18. The second kappa shape index (κ2) is 7.77. The number of nitrogens with zero attached hydrogens (tertiary/aromatic N) is 4. The Labute approximate surface area is 179 Å². The smallest absolute Gasteiger partial charge is 0.331 e. The van der Waals surface area contributed by atoms with E-state index in [1.165, 1.54) is 0 Å². The van der Waals surface area contributed by atoms with E-state index in [-0.39, 0.29) is 12.1 Å². The van der Waals surface area contributed by atoms with E-state index in [1.54, 1.807) is 19.2 Å². The lowest BCUT2D eigenvalue weighted by atomic mass is 9.93. The Bertz CT molecular complexity index is 1130. The highest BCUT2D eigenvalue weighted by atomic mass is 19.1. The standard InChI is InChI=1S/C23H24FN6O/c1-13(2)22(24)31-15-5-3-14(4-6-15)27-23-26-12-17-16(11-18(25)21(17)29-23)19-7-9-30-10-8-20(30)28-19/h7-12,14-15,22,25H,1,3-6H2,2H3,(H,26,27,29)/q+1. The Morgan fingerprint density at radius 3 is 2.81 bits per heavy atom. The number of anilines is 1. The summed E-state index contributed by atoms with van der Waals surface area (Å²) < 4.78 is 21.1. The van der Waals surface area contributed by atoms with E-state index in [1.807, 2.05) is 29.1 Å². The first-order valence-corrected chi connectivity index (χ1v) is 10.5. The van der Waals surface area contributed by atoms with E-state index in [4.69, 9.17) is 10.1 Å². The van der Waals surface area contributed by atoms with Gasteiger partial charge in [0, 0.05) is 29.4 Å². The number of nitrogens with one attached hydrogen (secondary N) is 2. The van der Waals surface area contributed by atoms with Crippen LogP contribution in [0.3, 0.4) is 0 Å². The van der Waals surface area contributed by atoms with Gasteiger partial charge in [-0.05, 0) is 49.2 Å².